The van der Waals surface area contributed by atoms with E-state index in [4.69, 9.17) is 4.74 Å². The van der Waals surface area contributed by atoms with E-state index in [-0.39, 0.29) is 0 Å². The van der Waals surface area contributed by atoms with E-state index in [1.807, 2.05) is 7.05 Å². The van der Waals surface area contributed by atoms with Gasteiger partial charge in [0.2, 0.25) is 17.8 Å². The highest BCUT2D eigenvalue weighted by atomic mass is 16.5. The molecular weight excluding hydrogens is 268 g/mol. The summed E-state index contributed by atoms with van der Waals surface area (Å²) in [7, 11) is 3.62. The van der Waals surface area contributed by atoms with E-state index < -0.39 is 0 Å². The normalized spacial score (nSPS) is 25.3. The van der Waals surface area contributed by atoms with Gasteiger partial charge in [0.15, 0.2) is 0 Å². The van der Waals surface area contributed by atoms with Gasteiger partial charge in [0.05, 0.1) is 6.10 Å². The minimum absolute atomic E-state index is 0.353. The molecule has 2 atom stereocenters. The number of hydrogen-bond donors (Lipinski definition) is 2. The van der Waals surface area contributed by atoms with Gasteiger partial charge in [-0.2, -0.15) is 15.0 Å². The van der Waals surface area contributed by atoms with Gasteiger partial charge in [0, 0.05) is 33.3 Å². The second-order valence-electron chi connectivity index (χ2n) is 5.74. The molecule has 2 fully saturated rings. The molecule has 0 radical (unpaired) electrons. The minimum atomic E-state index is 0.353. The first-order chi connectivity index (χ1) is 10.3. The molecule has 1 aromatic heterocycles. The molecule has 1 aromatic rings. The highest BCUT2D eigenvalue weighted by Crippen LogP contribution is 2.25. The zero-order chi connectivity index (χ0) is 14.7. The molecule has 2 heterocycles. The van der Waals surface area contributed by atoms with Crippen LogP contribution >= 0.6 is 0 Å². The van der Waals surface area contributed by atoms with Crippen molar-refractivity contribution in [2.45, 2.75) is 44.2 Å². The van der Waals surface area contributed by atoms with Crippen LogP contribution in [0.25, 0.3) is 0 Å². The number of hydrogen-bond acceptors (Lipinski definition) is 7. The van der Waals surface area contributed by atoms with Gasteiger partial charge in [-0.25, -0.2) is 0 Å². The summed E-state index contributed by atoms with van der Waals surface area (Å²) in [6.45, 7) is 2.06. The lowest BCUT2D eigenvalue weighted by Gasteiger charge is -2.18. The van der Waals surface area contributed by atoms with Crippen LogP contribution in [0, 0.1) is 0 Å². The maximum Gasteiger partial charge on any atom is 0.231 e. The van der Waals surface area contributed by atoms with Crippen LogP contribution in [0.5, 0.6) is 0 Å². The first-order valence-corrected chi connectivity index (χ1v) is 7.76. The molecular formula is C14H24N6O. The third-order valence-corrected chi connectivity index (χ3v) is 4.29. The molecule has 2 unspecified atom stereocenters. The SMILES string of the molecule is CNc1nc(NC2CCC(OC)C2)nc(N2CCCC2)n1. The lowest BCUT2D eigenvalue weighted by Crippen LogP contribution is -2.24. The van der Waals surface area contributed by atoms with E-state index in [1.54, 1.807) is 7.11 Å². The van der Waals surface area contributed by atoms with Gasteiger partial charge in [-0.3, -0.25) is 0 Å². The van der Waals surface area contributed by atoms with E-state index >= 15 is 0 Å². The summed E-state index contributed by atoms with van der Waals surface area (Å²) in [6.07, 6.45) is 5.97. The summed E-state index contributed by atoms with van der Waals surface area (Å²) in [5, 5.41) is 6.46. The number of rotatable bonds is 5. The Morgan fingerprint density at radius 1 is 1.10 bits per heavy atom. The van der Waals surface area contributed by atoms with Crippen LogP contribution in [-0.4, -0.2) is 54.3 Å². The quantitative estimate of drug-likeness (QED) is 0.851. The topological polar surface area (TPSA) is 75.2 Å². The predicted molar refractivity (Wildman–Crippen MR) is 82.9 cm³/mol. The van der Waals surface area contributed by atoms with Crippen molar-refractivity contribution < 1.29 is 4.74 Å². The summed E-state index contributed by atoms with van der Waals surface area (Å²) < 4.78 is 5.42. The number of aromatic nitrogens is 3. The van der Waals surface area contributed by atoms with Gasteiger partial charge >= 0.3 is 0 Å². The van der Waals surface area contributed by atoms with Crippen molar-refractivity contribution >= 4 is 17.8 Å². The maximum atomic E-state index is 5.42. The van der Waals surface area contributed by atoms with Gasteiger partial charge in [-0.1, -0.05) is 0 Å². The predicted octanol–water partition coefficient (Wildman–Crippen LogP) is 1.49. The number of anilines is 3. The highest BCUT2D eigenvalue weighted by molar-refractivity contribution is 5.44. The van der Waals surface area contributed by atoms with E-state index in [0.29, 0.717) is 24.0 Å². The molecule has 1 saturated heterocycles. The van der Waals surface area contributed by atoms with Crippen LogP contribution < -0.4 is 15.5 Å². The average molecular weight is 292 g/mol. The molecule has 0 spiro atoms. The van der Waals surface area contributed by atoms with Crippen LogP contribution in [-0.2, 0) is 4.74 Å². The second-order valence-corrected chi connectivity index (χ2v) is 5.74. The standard InChI is InChI=1S/C14H24N6O/c1-15-12-17-13(16-10-5-6-11(9-10)21-2)19-14(18-12)20-7-3-4-8-20/h10-11H,3-9H2,1-2H3,(H2,15,16,17,18,19). The molecule has 3 rings (SSSR count). The van der Waals surface area contributed by atoms with Crippen LogP contribution in [0.2, 0.25) is 0 Å². The zero-order valence-electron chi connectivity index (χ0n) is 12.8. The Morgan fingerprint density at radius 2 is 1.86 bits per heavy atom. The third-order valence-electron chi connectivity index (χ3n) is 4.29. The van der Waals surface area contributed by atoms with Crippen LogP contribution in [0.3, 0.4) is 0 Å². The van der Waals surface area contributed by atoms with Crippen LogP contribution in [0.15, 0.2) is 0 Å². The molecule has 0 aromatic carbocycles. The Labute approximate surface area is 125 Å². The van der Waals surface area contributed by atoms with Crippen molar-refractivity contribution in [3.8, 4) is 0 Å². The highest BCUT2D eigenvalue weighted by Gasteiger charge is 2.25. The summed E-state index contributed by atoms with van der Waals surface area (Å²) >= 11 is 0. The molecule has 7 heteroatoms. The lowest BCUT2D eigenvalue weighted by molar-refractivity contribution is 0.108. The smallest absolute Gasteiger partial charge is 0.231 e. The Kier molecular flexibility index (Phi) is 4.38. The Morgan fingerprint density at radius 3 is 2.52 bits per heavy atom. The molecule has 2 aliphatic rings. The van der Waals surface area contributed by atoms with E-state index in [2.05, 4.69) is 30.5 Å². The van der Waals surface area contributed by atoms with Gasteiger partial charge in [0.25, 0.3) is 0 Å². The molecule has 1 saturated carbocycles. The monoisotopic (exact) mass is 292 g/mol. The molecule has 2 N–H and O–H groups in total. The fourth-order valence-corrected chi connectivity index (χ4v) is 3.07. The fraction of sp³-hybridized carbons (Fsp3) is 0.786. The Hall–Kier alpha value is -1.63. The molecule has 0 amide bonds. The van der Waals surface area contributed by atoms with Crippen molar-refractivity contribution in [2.75, 3.05) is 42.8 Å². The summed E-state index contributed by atoms with van der Waals surface area (Å²) in [4.78, 5) is 15.7. The summed E-state index contributed by atoms with van der Waals surface area (Å²) in [5.41, 5.74) is 0. The number of nitrogens with zero attached hydrogens (tertiary/aromatic N) is 4. The fourth-order valence-electron chi connectivity index (χ4n) is 3.07. The van der Waals surface area contributed by atoms with E-state index in [0.717, 1.165) is 38.3 Å². The summed E-state index contributed by atoms with van der Waals surface area (Å²) in [6, 6.07) is 0.383. The van der Waals surface area contributed by atoms with Crippen molar-refractivity contribution in [1.29, 1.82) is 0 Å². The van der Waals surface area contributed by atoms with Crippen molar-refractivity contribution in [3.05, 3.63) is 0 Å². The number of nitrogens with one attached hydrogen (secondary N) is 2. The molecule has 0 bridgehead atoms. The van der Waals surface area contributed by atoms with Gasteiger partial charge < -0.3 is 20.3 Å². The number of ether oxygens (including phenoxy) is 1. The van der Waals surface area contributed by atoms with Gasteiger partial charge in [0.1, 0.15) is 0 Å². The van der Waals surface area contributed by atoms with E-state index in [1.165, 1.54) is 12.8 Å². The summed E-state index contributed by atoms with van der Waals surface area (Å²) in [5.74, 6) is 2.06. The number of methoxy groups -OCH3 is 1. The Bertz CT molecular complexity index is 477. The van der Waals surface area contributed by atoms with Crippen LogP contribution in [0.1, 0.15) is 32.1 Å². The third kappa shape index (κ3) is 3.34. The van der Waals surface area contributed by atoms with Crippen molar-refractivity contribution in [1.82, 2.24) is 15.0 Å². The first-order valence-electron chi connectivity index (χ1n) is 7.76. The van der Waals surface area contributed by atoms with Gasteiger partial charge in [-0.05, 0) is 32.1 Å². The largest absolute Gasteiger partial charge is 0.381 e. The molecule has 1 aliphatic carbocycles. The van der Waals surface area contributed by atoms with Crippen molar-refractivity contribution in [3.63, 3.8) is 0 Å². The minimum Gasteiger partial charge on any atom is -0.381 e. The molecule has 1 aliphatic heterocycles. The Balaban J connectivity index is 1.73. The average Bonchev–Trinajstić information content (AvgIpc) is 3.18. The molecule has 21 heavy (non-hydrogen) atoms. The zero-order valence-corrected chi connectivity index (χ0v) is 12.8. The first kappa shape index (κ1) is 14.3. The maximum absolute atomic E-state index is 5.42. The molecule has 7 nitrogen and oxygen atoms in total. The van der Waals surface area contributed by atoms with Crippen molar-refractivity contribution in [2.24, 2.45) is 0 Å². The van der Waals surface area contributed by atoms with E-state index in [9.17, 15) is 0 Å². The lowest BCUT2D eigenvalue weighted by atomic mass is 10.2. The second kappa shape index (κ2) is 6.43. The van der Waals surface area contributed by atoms with Crippen LogP contribution in [0.4, 0.5) is 17.8 Å². The molecule has 116 valence electrons. The van der Waals surface area contributed by atoms with Gasteiger partial charge in [-0.15, -0.1) is 0 Å².